The van der Waals surface area contributed by atoms with Crippen molar-refractivity contribution in [1.29, 1.82) is 0 Å². The Labute approximate surface area is 214 Å². The molecule has 3 N–H and O–H groups in total. The Hall–Kier alpha value is -4.00. The summed E-state index contributed by atoms with van der Waals surface area (Å²) in [6, 6.07) is 3.50. The first-order valence-electron chi connectivity index (χ1n) is 11.8. The number of benzene rings is 1. The number of nitrogens with zero attached hydrogens (tertiary/aromatic N) is 2. The van der Waals surface area contributed by atoms with E-state index in [1.165, 1.54) is 23.8 Å². The van der Waals surface area contributed by atoms with E-state index in [1.54, 1.807) is 26.0 Å². The van der Waals surface area contributed by atoms with Crippen LogP contribution in [0.4, 0.5) is 9.18 Å². The van der Waals surface area contributed by atoms with Gasteiger partial charge < -0.3 is 10.4 Å². The van der Waals surface area contributed by atoms with Crippen molar-refractivity contribution < 1.29 is 14.3 Å². The van der Waals surface area contributed by atoms with Crippen molar-refractivity contribution in [1.82, 2.24) is 10.6 Å². The molecule has 1 rings (SSSR count). The molecule has 0 aliphatic carbocycles. The van der Waals surface area contributed by atoms with Gasteiger partial charge >= 0.3 is 6.03 Å². The Morgan fingerprint density at radius 3 is 2.50 bits per heavy atom. The van der Waals surface area contributed by atoms with E-state index >= 15 is 0 Å². The van der Waals surface area contributed by atoms with Crippen LogP contribution in [0.1, 0.15) is 52.5 Å². The highest BCUT2D eigenvalue weighted by molar-refractivity contribution is 6.16. The molecule has 0 bridgehead atoms. The molecule has 36 heavy (non-hydrogen) atoms. The van der Waals surface area contributed by atoms with Crippen molar-refractivity contribution in [3.63, 3.8) is 0 Å². The van der Waals surface area contributed by atoms with Crippen molar-refractivity contribution in [2.75, 3.05) is 0 Å². The minimum atomic E-state index is -0.771. The minimum absolute atomic E-state index is 0.0380. The summed E-state index contributed by atoms with van der Waals surface area (Å²) in [5.74, 6) is -0.699. The number of phenolic OH excluding ortho intramolecular Hbond substituents is 1. The second-order valence-corrected chi connectivity index (χ2v) is 8.11. The van der Waals surface area contributed by atoms with Crippen LogP contribution in [0.2, 0.25) is 0 Å². The van der Waals surface area contributed by atoms with Crippen LogP contribution >= 0.6 is 0 Å². The van der Waals surface area contributed by atoms with E-state index in [9.17, 15) is 14.3 Å². The number of rotatable bonds is 12. The van der Waals surface area contributed by atoms with Gasteiger partial charge in [-0.3, -0.25) is 5.32 Å². The molecule has 192 valence electrons. The third-order valence-corrected chi connectivity index (χ3v) is 5.08. The smallest absolute Gasteiger partial charge is 0.320 e. The first kappa shape index (κ1) is 30.0. The molecule has 6 nitrogen and oxygen atoms in total. The number of halogens is 1. The number of amides is 2. The van der Waals surface area contributed by atoms with Gasteiger partial charge in [-0.2, -0.15) is 0 Å². The van der Waals surface area contributed by atoms with E-state index in [1.807, 2.05) is 26.0 Å². The fourth-order valence-electron chi connectivity index (χ4n) is 3.08. The molecule has 1 atom stereocenters. The zero-order chi connectivity index (χ0) is 27.1. The Balaban J connectivity index is 2.88. The van der Waals surface area contributed by atoms with Crippen molar-refractivity contribution in [2.24, 2.45) is 9.98 Å². The normalized spacial score (nSPS) is 13.9. The van der Waals surface area contributed by atoms with E-state index in [0.717, 1.165) is 25.3 Å². The lowest BCUT2D eigenvalue weighted by atomic mass is 10.0. The highest BCUT2D eigenvalue weighted by Crippen LogP contribution is 2.18. The number of allylic oxidation sites excluding steroid dienone is 7. The van der Waals surface area contributed by atoms with Crippen LogP contribution in [0, 0.1) is 5.82 Å². The standard InChI is InChI=1S/C29H37FN4O2/c1-8-12-15-22(9-2)16-13-14-21(7)31-29(36)34-27(11-4)33-28(20(5)6)32-25(10-3)23-17-18-26(35)24(30)19-23/h8-12,15,17-19,21,35H,1,3,5,13-14,16H2,2,4,6-7H3,(H2,31,34,36)/b15-12-,22-9+,27-11+,32-25?,33-28?. The number of carbonyl (C=O) groups is 1. The van der Waals surface area contributed by atoms with Crippen LogP contribution in [0.25, 0.3) is 0 Å². The Morgan fingerprint density at radius 2 is 1.94 bits per heavy atom. The molecule has 0 saturated carbocycles. The number of aromatic hydroxyl groups is 1. The molecule has 0 saturated heterocycles. The van der Waals surface area contributed by atoms with Gasteiger partial charge in [0, 0.05) is 11.6 Å². The maximum Gasteiger partial charge on any atom is 0.320 e. The zero-order valence-electron chi connectivity index (χ0n) is 21.6. The molecule has 1 unspecified atom stereocenters. The molecule has 1 aromatic rings. The molecular formula is C29H37FN4O2. The highest BCUT2D eigenvalue weighted by Gasteiger charge is 2.11. The number of hydrogen-bond acceptors (Lipinski definition) is 3. The number of nitrogens with one attached hydrogen (secondary N) is 2. The van der Waals surface area contributed by atoms with Crippen LogP contribution in [0.5, 0.6) is 5.75 Å². The predicted molar refractivity (Wildman–Crippen MR) is 149 cm³/mol. The first-order chi connectivity index (χ1) is 17.1. The van der Waals surface area contributed by atoms with Gasteiger partial charge in [0.05, 0.1) is 5.71 Å². The third-order valence-electron chi connectivity index (χ3n) is 5.08. The van der Waals surface area contributed by atoms with Crippen molar-refractivity contribution >= 4 is 17.6 Å². The van der Waals surface area contributed by atoms with Gasteiger partial charge in [-0.05, 0) is 82.9 Å². The molecule has 7 heteroatoms. The summed E-state index contributed by atoms with van der Waals surface area (Å²) in [5, 5.41) is 15.1. The number of phenols is 1. The monoisotopic (exact) mass is 492 g/mol. The molecule has 0 radical (unpaired) electrons. The maximum atomic E-state index is 13.8. The summed E-state index contributed by atoms with van der Waals surface area (Å²) >= 11 is 0. The van der Waals surface area contributed by atoms with E-state index in [0.29, 0.717) is 16.8 Å². The number of urea groups is 1. The van der Waals surface area contributed by atoms with Crippen LogP contribution in [0.3, 0.4) is 0 Å². The summed E-state index contributed by atoms with van der Waals surface area (Å²) < 4.78 is 13.8. The van der Waals surface area contributed by atoms with E-state index < -0.39 is 11.6 Å². The van der Waals surface area contributed by atoms with Gasteiger partial charge in [-0.1, -0.05) is 49.6 Å². The Morgan fingerprint density at radius 1 is 1.22 bits per heavy atom. The van der Waals surface area contributed by atoms with Gasteiger partial charge in [0.15, 0.2) is 17.4 Å². The molecule has 0 aliphatic heterocycles. The molecule has 1 aromatic carbocycles. The summed E-state index contributed by atoms with van der Waals surface area (Å²) in [7, 11) is 0. The Kier molecular flexibility index (Phi) is 13.2. The molecule has 2 amide bonds. The average molecular weight is 493 g/mol. The lowest BCUT2D eigenvalue weighted by molar-refractivity contribution is 0.239. The van der Waals surface area contributed by atoms with E-state index in [2.05, 4.69) is 46.4 Å². The lowest BCUT2D eigenvalue weighted by Crippen LogP contribution is -2.40. The molecular weight excluding hydrogens is 455 g/mol. The number of amidine groups is 1. The SMILES string of the molecule is C=C/C=C\C(=C/C)CCCC(C)NC(=O)N/C(=C/C)N=C(N=C(C=C)c1ccc(O)c(F)c1)C(=C)C. The predicted octanol–water partition coefficient (Wildman–Crippen LogP) is 6.89. The number of aliphatic imine (C=N–C) groups is 2. The molecule has 0 spiro atoms. The summed E-state index contributed by atoms with van der Waals surface area (Å²) in [4.78, 5) is 21.4. The van der Waals surface area contributed by atoms with Gasteiger partial charge in [-0.25, -0.2) is 19.2 Å². The maximum absolute atomic E-state index is 13.8. The van der Waals surface area contributed by atoms with Crippen LogP contribution in [-0.2, 0) is 0 Å². The number of carbonyl (C=O) groups excluding carboxylic acids is 1. The molecule has 0 aromatic heterocycles. The van der Waals surface area contributed by atoms with E-state index in [-0.39, 0.29) is 23.7 Å². The zero-order valence-corrected chi connectivity index (χ0v) is 21.6. The van der Waals surface area contributed by atoms with Crippen LogP contribution in [0.15, 0.2) is 101 Å². The lowest BCUT2D eigenvalue weighted by Gasteiger charge is -2.15. The number of hydrogen-bond donors (Lipinski definition) is 3. The van der Waals surface area contributed by atoms with Gasteiger partial charge in [-0.15, -0.1) is 0 Å². The first-order valence-corrected chi connectivity index (χ1v) is 11.8. The quantitative estimate of drug-likeness (QED) is 0.169. The summed E-state index contributed by atoms with van der Waals surface area (Å²) in [6.45, 7) is 18.7. The van der Waals surface area contributed by atoms with Gasteiger partial charge in [0.1, 0.15) is 5.82 Å². The molecule has 0 fully saturated rings. The van der Waals surface area contributed by atoms with Crippen molar-refractivity contribution in [3.8, 4) is 5.75 Å². The minimum Gasteiger partial charge on any atom is -0.505 e. The van der Waals surface area contributed by atoms with Gasteiger partial charge in [0.2, 0.25) is 0 Å². The molecule has 0 aliphatic rings. The second-order valence-electron chi connectivity index (χ2n) is 8.11. The second kappa shape index (κ2) is 15.8. The molecule has 0 heterocycles. The van der Waals surface area contributed by atoms with Crippen molar-refractivity contribution in [3.05, 3.63) is 103 Å². The summed E-state index contributed by atoms with van der Waals surface area (Å²) in [6.07, 6.45) is 13.5. The van der Waals surface area contributed by atoms with Crippen LogP contribution < -0.4 is 10.6 Å². The Bertz CT molecular complexity index is 1110. The highest BCUT2D eigenvalue weighted by atomic mass is 19.1. The third kappa shape index (κ3) is 10.5. The largest absolute Gasteiger partial charge is 0.505 e. The summed E-state index contributed by atoms with van der Waals surface area (Å²) in [5.41, 5.74) is 2.51. The van der Waals surface area contributed by atoms with Crippen molar-refractivity contribution in [2.45, 2.75) is 53.0 Å². The van der Waals surface area contributed by atoms with Crippen LogP contribution in [-0.4, -0.2) is 28.7 Å². The average Bonchev–Trinajstić information content (AvgIpc) is 2.84. The van der Waals surface area contributed by atoms with E-state index in [4.69, 9.17) is 0 Å². The topological polar surface area (TPSA) is 86.1 Å². The fourth-order valence-corrected chi connectivity index (χ4v) is 3.08. The fraction of sp³-hybridized carbons (Fsp3) is 0.276. The van der Waals surface area contributed by atoms with Gasteiger partial charge in [0.25, 0.3) is 0 Å².